The van der Waals surface area contributed by atoms with E-state index in [4.69, 9.17) is 0 Å². The smallest absolute Gasteiger partial charge is 0.240 e. The summed E-state index contributed by atoms with van der Waals surface area (Å²) in [5.74, 6) is 0.807. The summed E-state index contributed by atoms with van der Waals surface area (Å²) in [7, 11) is -3.64. The van der Waals surface area contributed by atoms with Crippen molar-refractivity contribution in [1.29, 1.82) is 0 Å². The number of aromatic nitrogens is 2. The van der Waals surface area contributed by atoms with Crippen LogP contribution in [0.3, 0.4) is 0 Å². The van der Waals surface area contributed by atoms with Crippen molar-refractivity contribution in [3.8, 4) is 0 Å². The van der Waals surface area contributed by atoms with Gasteiger partial charge in [0.1, 0.15) is 12.1 Å². The molecule has 1 aliphatic heterocycles. The van der Waals surface area contributed by atoms with E-state index in [2.05, 4.69) is 20.0 Å². The Morgan fingerprint density at radius 3 is 2.50 bits per heavy atom. The number of rotatable bonds is 7. The fraction of sp³-hybridized carbons (Fsp3) is 0.348. The third-order valence-electron chi connectivity index (χ3n) is 5.60. The van der Waals surface area contributed by atoms with Crippen molar-refractivity contribution in [2.24, 2.45) is 0 Å². The van der Waals surface area contributed by atoms with Crippen molar-refractivity contribution < 1.29 is 13.2 Å². The lowest BCUT2D eigenvalue weighted by atomic mass is 10.1. The summed E-state index contributed by atoms with van der Waals surface area (Å²) in [5, 5.41) is 4.12. The molecule has 0 spiro atoms. The van der Waals surface area contributed by atoms with Gasteiger partial charge in [-0.2, -0.15) is 0 Å². The molecular weight excluding hydrogens is 426 g/mol. The summed E-state index contributed by atoms with van der Waals surface area (Å²) in [6, 6.07) is 14.1. The molecule has 1 aromatic heterocycles. The zero-order valence-electron chi connectivity index (χ0n) is 18.0. The second kappa shape index (κ2) is 9.62. The number of likely N-dealkylation sites (tertiary alicyclic amines) is 1. The number of carbonyl (C=O) groups is 1. The van der Waals surface area contributed by atoms with Crippen LogP contribution in [0.5, 0.6) is 0 Å². The second-order valence-electron chi connectivity index (χ2n) is 7.92. The molecule has 32 heavy (non-hydrogen) atoms. The Morgan fingerprint density at radius 1 is 1.06 bits per heavy atom. The van der Waals surface area contributed by atoms with Gasteiger partial charge < -0.3 is 10.2 Å². The highest BCUT2D eigenvalue weighted by molar-refractivity contribution is 7.89. The van der Waals surface area contributed by atoms with E-state index in [1.165, 1.54) is 6.33 Å². The Kier molecular flexibility index (Phi) is 6.66. The summed E-state index contributed by atoms with van der Waals surface area (Å²) in [5.41, 5.74) is 1.56. The number of para-hydroxylation sites is 1. The third kappa shape index (κ3) is 5.05. The molecule has 2 heterocycles. The summed E-state index contributed by atoms with van der Waals surface area (Å²) >= 11 is 0. The lowest BCUT2D eigenvalue weighted by molar-refractivity contribution is -0.132. The van der Waals surface area contributed by atoms with Crippen LogP contribution in [0, 0.1) is 0 Å². The van der Waals surface area contributed by atoms with Crippen molar-refractivity contribution in [2.75, 3.05) is 18.4 Å². The highest BCUT2D eigenvalue weighted by Gasteiger charge is 2.26. The molecule has 0 unspecified atom stereocenters. The maximum atomic E-state index is 12.8. The van der Waals surface area contributed by atoms with Gasteiger partial charge in [-0.05, 0) is 55.7 Å². The number of hydrogen-bond donors (Lipinski definition) is 2. The fourth-order valence-electron chi connectivity index (χ4n) is 3.86. The van der Waals surface area contributed by atoms with Crippen molar-refractivity contribution in [2.45, 2.75) is 43.5 Å². The number of carbonyl (C=O) groups excluding carboxylic acids is 1. The molecule has 1 fully saturated rings. The standard InChI is InChI=1S/C23H27N5O3S/c1-2-5-22(29)28-14-12-18(13-15-28)27-32(30,31)19-10-8-17(9-11-19)26-23-20-6-3-4-7-21(20)24-16-25-23/h3-4,6-11,16,18,27H,2,5,12-15H2,1H3,(H,24,25,26). The molecule has 2 N–H and O–H groups in total. The first-order valence-corrected chi connectivity index (χ1v) is 12.3. The van der Waals surface area contributed by atoms with Crippen LogP contribution in [0.15, 0.2) is 59.8 Å². The van der Waals surface area contributed by atoms with Crippen LogP contribution in [0.2, 0.25) is 0 Å². The number of hydrogen-bond acceptors (Lipinski definition) is 6. The molecule has 2 aromatic carbocycles. The zero-order chi connectivity index (χ0) is 22.6. The molecule has 9 heteroatoms. The van der Waals surface area contributed by atoms with Crippen molar-refractivity contribution >= 4 is 38.3 Å². The molecule has 168 valence electrons. The minimum atomic E-state index is -3.64. The van der Waals surface area contributed by atoms with Crippen LogP contribution in [0.25, 0.3) is 10.9 Å². The molecule has 3 aromatic rings. The number of amides is 1. The first kappa shape index (κ1) is 22.2. The van der Waals surface area contributed by atoms with Gasteiger partial charge >= 0.3 is 0 Å². The molecule has 1 aliphatic rings. The van der Waals surface area contributed by atoms with Gasteiger partial charge in [-0.25, -0.2) is 23.1 Å². The molecule has 0 atom stereocenters. The number of sulfonamides is 1. The van der Waals surface area contributed by atoms with E-state index in [0.29, 0.717) is 38.2 Å². The monoisotopic (exact) mass is 453 g/mol. The summed E-state index contributed by atoms with van der Waals surface area (Å²) in [6.45, 7) is 3.15. The second-order valence-corrected chi connectivity index (χ2v) is 9.63. The molecule has 0 bridgehead atoms. The normalized spacial score (nSPS) is 15.1. The molecule has 0 aliphatic carbocycles. The maximum absolute atomic E-state index is 12.8. The van der Waals surface area contributed by atoms with Gasteiger partial charge in [0, 0.05) is 36.6 Å². The zero-order valence-corrected chi connectivity index (χ0v) is 18.8. The number of benzene rings is 2. The maximum Gasteiger partial charge on any atom is 0.240 e. The van der Waals surface area contributed by atoms with Crippen LogP contribution in [-0.2, 0) is 14.8 Å². The summed E-state index contributed by atoms with van der Waals surface area (Å²) in [6.07, 6.45) is 4.10. The molecule has 1 saturated heterocycles. The minimum absolute atomic E-state index is 0.147. The molecule has 0 radical (unpaired) electrons. The number of nitrogens with zero attached hydrogens (tertiary/aromatic N) is 3. The Balaban J connectivity index is 1.39. The first-order valence-electron chi connectivity index (χ1n) is 10.8. The predicted molar refractivity (Wildman–Crippen MR) is 124 cm³/mol. The third-order valence-corrected chi connectivity index (χ3v) is 7.14. The van der Waals surface area contributed by atoms with Crippen LogP contribution in [-0.4, -0.2) is 48.3 Å². The van der Waals surface area contributed by atoms with Crippen LogP contribution >= 0.6 is 0 Å². The summed E-state index contributed by atoms with van der Waals surface area (Å²) < 4.78 is 28.4. The van der Waals surface area contributed by atoms with E-state index in [-0.39, 0.29) is 16.8 Å². The van der Waals surface area contributed by atoms with Crippen LogP contribution < -0.4 is 10.0 Å². The van der Waals surface area contributed by atoms with Gasteiger partial charge in [0.05, 0.1) is 10.4 Å². The quantitative estimate of drug-likeness (QED) is 0.568. The van der Waals surface area contributed by atoms with E-state index >= 15 is 0 Å². The van der Waals surface area contributed by atoms with E-state index in [1.807, 2.05) is 36.1 Å². The van der Waals surface area contributed by atoms with Crippen LogP contribution in [0.4, 0.5) is 11.5 Å². The highest BCUT2D eigenvalue weighted by atomic mass is 32.2. The van der Waals surface area contributed by atoms with Gasteiger partial charge in [0.2, 0.25) is 15.9 Å². The van der Waals surface area contributed by atoms with Gasteiger partial charge in [0.15, 0.2) is 0 Å². The van der Waals surface area contributed by atoms with Gasteiger partial charge in [0.25, 0.3) is 0 Å². The SMILES string of the molecule is CCCC(=O)N1CCC(NS(=O)(=O)c2ccc(Nc3ncnc4ccccc34)cc2)CC1. The van der Waals surface area contributed by atoms with E-state index in [9.17, 15) is 13.2 Å². The Hall–Kier alpha value is -3.04. The lowest BCUT2D eigenvalue weighted by Gasteiger charge is -2.32. The van der Waals surface area contributed by atoms with Crippen molar-refractivity contribution in [3.05, 3.63) is 54.9 Å². The van der Waals surface area contributed by atoms with Crippen molar-refractivity contribution in [3.63, 3.8) is 0 Å². The number of anilines is 2. The van der Waals surface area contributed by atoms with E-state index in [0.717, 1.165) is 23.0 Å². The van der Waals surface area contributed by atoms with Crippen LogP contribution in [0.1, 0.15) is 32.6 Å². The number of piperidine rings is 1. The molecule has 1 amide bonds. The topological polar surface area (TPSA) is 104 Å². The molecule has 0 saturated carbocycles. The predicted octanol–water partition coefficient (Wildman–Crippen LogP) is 3.44. The van der Waals surface area contributed by atoms with Gasteiger partial charge in [-0.3, -0.25) is 4.79 Å². The first-order chi connectivity index (χ1) is 15.5. The average molecular weight is 454 g/mol. The van der Waals surface area contributed by atoms with Crippen molar-refractivity contribution in [1.82, 2.24) is 19.6 Å². The Bertz CT molecular complexity index is 1180. The van der Waals surface area contributed by atoms with E-state index in [1.54, 1.807) is 24.3 Å². The average Bonchev–Trinajstić information content (AvgIpc) is 2.80. The van der Waals surface area contributed by atoms with E-state index < -0.39 is 10.0 Å². The Morgan fingerprint density at radius 2 is 1.78 bits per heavy atom. The van der Waals surface area contributed by atoms with Gasteiger partial charge in [-0.1, -0.05) is 19.1 Å². The van der Waals surface area contributed by atoms with Gasteiger partial charge in [-0.15, -0.1) is 0 Å². The number of nitrogens with one attached hydrogen (secondary N) is 2. The lowest BCUT2D eigenvalue weighted by Crippen LogP contribution is -2.46. The summed E-state index contributed by atoms with van der Waals surface area (Å²) in [4.78, 5) is 22.6. The number of fused-ring (bicyclic) bond motifs is 1. The molecule has 8 nitrogen and oxygen atoms in total. The minimum Gasteiger partial charge on any atom is -0.343 e. The largest absolute Gasteiger partial charge is 0.343 e. The molecular formula is C23H27N5O3S. The Labute approximate surface area is 188 Å². The fourth-order valence-corrected chi connectivity index (χ4v) is 5.17. The molecule has 4 rings (SSSR count). The highest BCUT2D eigenvalue weighted by Crippen LogP contribution is 2.24.